The number of aryl methyl sites for hydroxylation is 1. The number of hydrogen-bond acceptors (Lipinski definition) is 3. The average Bonchev–Trinajstić information content (AvgIpc) is 2.84. The van der Waals surface area contributed by atoms with E-state index in [4.69, 9.17) is 9.52 Å². The lowest BCUT2D eigenvalue weighted by Gasteiger charge is -2.15. The number of amides is 1. The van der Waals surface area contributed by atoms with Gasteiger partial charge in [-0.05, 0) is 24.5 Å². The molecule has 1 aromatic heterocycles. The molecule has 0 aliphatic carbocycles. The van der Waals surface area contributed by atoms with Crippen molar-refractivity contribution in [3.63, 3.8) is 0 Å². The van der Waals surface area contributed by atoms with E-state index >= 15 is 0 Å². The Kier molecular flexibility index (Phi) is 6.12. The molecule has 1 rings (SSSR count). The standard InChI is InChI=1S/C14H21NO4/c1-10(2)8-11(14(17)18)9-15-13(16)6-5-12-4-3-7-19-12/h3-4,7,10-11H,5-6,8-9H2,1-2H3,(H,15,16)(H,17,18). The van der Waals surface area contributed by atoms with Gasteiger partial charge in [-0.1, -0.05) is 13.8 Å². The summed E-state index contributed by atoms with van der Waals surface area (Å²) in [5.41, 5.74) is 0. The van der Waals surface area contributed by atoms with E-state index in [9.17, 15) is 9.59 Å². The molecule has 0 aromatic carbocycles. The average molecular weight is 267 g/mol. The van der Waals surface area contributed by atoms with Gasteiger partial charge in [0.05, 0.1) is 12.2 Å². The monoisotopic (exact) mass is 267 g/mol. The highest BCUT2D eigenvalue weighted by Crippen LogP contribution is 2.11. The largest absolute Gasteiger partial charge is 0.481 e. The van der Waals surface area contributed by atoms with Gasteiger partial charge in [0.1, 0.15) is 5.76 Å². The van der Waals surface area contributed by atoms with Crippen LogP contribution in [0.3, 0.4) is 0 Å². The Morgan fingerprint density at radius 1 is 1.42 bits per heavy atom. The van der Waals surface area contributed by atoms with Crippen molar-refractivity contribution in [2.45, 2.75) is 33.1 Å². The van der Waals surface area contributed by atoms with E-state index < -0.39 is 11.9 Å². The predicted octanol–water partition coefficient (Wildman–Crippen LogP) is 2.08. The Morgan fingerprint density at radius 3 is 2.68 bits per heavy atom. The minimum absolute atomic E-state index is 0.147. The number of carbonyl (C=O) groups is 2. The van der Waals surface area contributed by atoms with E-state index in [0.29, 0.717) is 25.2 Å². The number of carbonyl (C=O) groups excluding carboxylic acids is 1. The second kappa shape index (κ2) is 7.61. The number of furan rings is 1. The lowest BCUT2D eigenvalue weighted by molar-refractivity contribution is -0.142. The molecule has 0 bridgehead atoms. The number of carboxylic acids is 1. The summed E-state index contributed by atoms with van der Waals surface area (Å²) < 4.78 is 5.13. The van der Waals surface area contributed by atoms with E-state index in [1.54, 1.807) is 12.3 Å². The van der Waals surface area contributed by atoms with Crippen LogP contribution in [-0.4, -0.2) is 23.5 Å². The summed E-state index contributed by atoms with van der Waals surface area (Å²) in [6.07, 6.45) is 2.96. The maximum absolute atomic E-state index is 11.6. The molecule has 106 valence electrons. The molecule has 1 atom stereocenters. The lowest BCUT2D eigenvalue weighted by Crippen LogP contribution is -2.33. The molecule has 0 aliphatic heterocycles. The molecule has 19 heavy (non-hydrogen) atoms. The molecule has 0 saturated carbocycles. The first-order chi connectivity index (χ1) is 8.99. The van der Waals surface area contributed by atoms with Crippen LogP contribution in [-0.2, 0) is 16.0 Å². The zero-order valence-electron chi connectivity index (χ0n) is 11.4. The molecule has 1 heterocycles. The third-order valence-corrected chi connectivity index (χ3v) is 2.83. The van der Waals surface area contributed by atoms with Gasteiger partial charge in [-0.15, -0.1) is 0 Å². The fourth-order valence-corrected chi connectivity index (χ4v) is 1.86. The molecule has 0 aliphatic rings. The van der Waals surface area contributed by atoms with Crippen molar-refractivity contribution in [3.8, 4) is 0 Å². The molecule has 0 saturated heterocycles. The number of nitrogens with one attached hydrogen (secondary N) is 1. The van der Waals surface area contributed by atoms with Crippen molar-refractivity contribution in [3.05, 3.63) is 24.2 Å². The predicted molar refractivity (Wildman–Crippen MR) is 70.6 cm³/mol. The summed E-state index contributed by atoms with van der Waals surface area (Å²) in [5.74, 6) is -0.479. The van der Waals surface area contributed by atoms with Crippen molar-refractivity contribution in [2.75, 3.05) is 6.54 Å². The van der Waals surface area contributed by atoms with Crippen molar-refractivity contribution in [1.29, 1.82) is 0 Å². The molecular formula is C14H21NO4. The third-order valence-electron chi connectivity index (χ3n) is 2.83. The highest BCUT2D eigenvalue weighted by Gasteiger charge is 2.19. The van der Waals surface area contributed by atoms with E-state index in [2.05, 4.69) is 5.32 Å². The van der Waals surface area contributed by atoms with Crippen LogP contribution in [0.15, 0.2) is 22.8 Å². The number of rotatable bonds is 8. The molecule has 2 N–H and O–H groups in total. The third kappa shape index (κ3) is 6.08. The Morgan fingerprint density at radius 2 is 2.16 bits per heavy atom. The van der Waals surface area contributed by atoms with Crippen molar-refractivity contribution in [2.24, 2.45) is 11.8 Å². The smallest absolute Gasteiger partial charge is 0.308 e. The van der Waals surface area contributed by atoms with E-state index in [1.807, 2.05) is 19.9 Å². The molecule has 0 spiro atoms. The van der Waals surface area contributed by atoms with Gasteiger partial charge < -0.3 is 14.8 Å². The quantitative estimate of drug-likeness (QED) is 0.755. The first-order valence-corrected chi connectivity index (χ1v) is 6.51. The summed E-state index contributed by atoms with van der Waals surface area (Å²) in [7, 11) is 0. The Balaban J connectivity index is 2.29. The molecule has 1 unspecified atom stereocenters. The van der Waals surface area contributed by atoms with Crippen molar-refractivity contribution < 1.29 is 19.1 Å². The van der Waals surface area contributed by atoms with Crippen molar-refractivity contribution in [1.82, 2.24) is 5.32 Å². The minimum Gasteiger partial charge on any atom is -0.481 e. The number of aliphatic carboxylic acids is 1. The van der Waals surface area contributed by atoms with Crippen LogP contribution in [0.25, 0.3) is 0 Å². The maximum atomic E-state index is 11.6. The Bertz CT molecular complexity index is 398. The second-order valence-electron chi connectivity index (χ2n) is 5.05. The highest BCUT2D eigenvalue weighted by molar-refractivity contribution is 5.77. The molecule has 5 heteroatoms. The number of hydrogen-bond donors (Lipinski definition) is 2. The minimum atomic E-state index is -0.861. The molecule has 1 aromatic rings. The SMILES string of the molecule is CC(C)CC(CNC(=O)CCc1ccco1)C(=O)O. The van der Waals surface area contributed by atoms with Gasteiger partial charge in [-0.2, -0.15) is 0 Å². The Labute approximate surface area is 113 Å². The highest BCUT2D eigenvalue weighted by atomic mass is 16.4. The second-order valence-corrected chi connectivity index (χ2v) is 5.05. The summed E-state index contributed by atoms with van der Waals surface area (Å²) in [6, 6.07) is 3.59. The van der Waals surface area contributed by atoms with Crippen LogP contribution in [0.5, 0.6) is 0 Å². The van der Waals surface area contributed by atoms with Crippen LogP contribution in [0, 0.1) is 11.8 Å². The van der Waals surface area contributed by atoms with Gasteiger partial charge in [0, 0.05) is 19.4 Å². The molecular weight excluding hydrogens is 246 g/mol. The van der Waals surface area contributed by atoms with Gasteiger partial charge in [-0.3, -0.25) is 9.59 Å². The summed E-state index contributed by atoms with van der Waals surface area (Å²) in [5, 5.41) is 11.7. The number of carboxylic acid groups (broad SMARTS) is 1. The first-order valence-electron chi connectivity index (χ1n) is 6.51. The van der Waals surface area contributed by atoms with E-state index in [1.165, 1.54) is 0 Å². The molecule has 0 fully saturated rings. The fraction of sp³-hybridized carbons (Fsp3) is 0.571. The summed E-state index contributed by atoms with van der Waals surface area (Å²) in [4.78, 5) is 22.6. The molecule has 5 nitrogen and oxygen atoms in total. The van der Waals surface area contributed by atoms with E-state index in [0.717, 1.165) is 5.76 Å². The van der Waals surface area contributed by atoms with Crippen LogP contribution < -0.4 is 5.32 Å². The maximum Gasteiger partial charge on any atom is 0.308 e. The first kappa shape index (κ1) is 15.3. The van der Waals surface area contributed by atoms with Crippen LogP contribution in [0.1, 0.15) is 32.4 Å². The van der Waals surface area contributed by atoms with Crippen LogP contribution >= 0.6 is 0 Å². The zero-order valence-corrected chi connectivity index (χ0v) is 11.4. The normalized spacial score (nSPS) is 12.4. The topological polar surface area (TPSA) is 79.5 Å². The van der Waals surface area contributed by atoms with Gasteiger partial charge in [-0.25, -0.2) is 0 Å². The summed E-state index contributed by atoms with van der Waals surface area (Å²) >= 11 is 0. The molecule has 1 amide bonds. The van der Waals surface area contributed by atoms with Crippen LogP contribution in [0.4, 0.5) is 0 Å². The molecule has 0 radical (unpaired) electrons. The summed E-state index contributed by atoms with van der Waals surface area (Å²) in [6.45, 7) is 4.12. The van der Waals surface area contributed by atoms with Gasteiger partial charge in [0.25, 0.3) is 0 Å². The van der Waals surface area contributed by atoms with Crippen LogP contribution in [0.2, 0.25) is 0 Å². The Hall–Kier alpha value is -1.78. The van der Waals surface area contributed by atoms with Gasteiger partial charge in [0.2, 0.25) is 5.91 Å². The van der Waals surface area contributed by atoms with Gasteiger partial charge in [0.15, 0.2) is 0 Å². The fourth-order valence-electron chi connectivity index (χ4n) is 1.86. The zero-order chi connectivity index (χ0) is 14.3. The van der Waals surface area contributed by atoms with Crippen molar-refractivity contribution >= 4 is 11.9 Å². The van der Waals surface area contributed by atoms with E-state index in [-0.39, 0.29) is 12.5 Å². The lowest BCUT2D eigenvalue weighted by atomic mass is 9.97. The van der Waals surface area contributed by atoms with Gasteiger partial charge >= 0.3 is 5.97 Å².